The van der Waals surface area contributed by atoms with Crippen LogP contribution in [0.15, 0.2) is 36.4 Å². The van der Waals surface area contributed by atoms with E-state index >= 15 is 0 Å². The summed E-state index contributed by atoms with van der Waals surface area (Å²) in [4.78, 5) is 10.9. The fraction of sp³-hybridized carbons (Fsp3) is 0.375. The van der Waals surface area contributed by atoms with E-state index in [0.29, 0.717) is 0 Å². The molecule has 0 radical (unpaired) electrons. The van der Waals surface area contributed by atoms with Gasteiger partial charge in [-0.05, 0) is 32.4 Å². The van der Waals surface area contributed by atoms with Gasteiger partial charge in [-0.25, -0.2) is 9.97 Å². The summed E-state index contributed by atoms with van der Waals surface area (Å²) in [6, 6.07) is 12.4. The SMILES string of the molecule is Cc1cc(NCCCN(C)c2ccccc2)nc(C)n1. The van der Waals surface area contributed by atoms with Crippen LogP contribution in [0.25, 0.3) is 0 Å². The maximum absolute atomic E-state index is 4.37. The van der Waals surface area contributed by atoms with Crippen LogP contribution in [0.5, 0.6) is 0 Å². The van der Waals surface area contributed by atoms with Gasteiger partial charge in [0.05, 0.1) is 0 Å². The highest BCUT2D eigenvalue weighted by Crippen LogP contribution is 2.11. The maximum atomic E-state index is 4.37. The van der Waals surface area contributed by atoms with Crippen LogP contribution in [0.2, 0.25) is 0 Å². The lowest BCUT2D eigenvalue weighted by atomic mass is 10.3. The Balaban J connectivity index is 1.76. The van der Waals surface area contributed by atoms with Gasteiger partial charge in [-0.1, -0.05) is 18.2 Å². The number of aromatic nitrogens is 2. The van der Waals surface area contributed by atoms with Crippen LogP contribution in [-0.2, 0) is 0 Å². The van der Waals surface area contributed by atoms with Crippen molar-refractivity contribution in [3.8, 4) is 0 Å². The zero-order valence-electron chi connectivity index (χ0n) is 12.4. The third kappa shape index (κ3) is 4.23. The predicted molar refractivity (Wildman–Crippen MR) is 84.3 cm³/mol. The predicted octanol–water partition coefficient (Wildman–Crippen LogP) is 3.03. The van der Waals surface area contributed by atoms with Gasteiger partial charge in [0.15, 0.2) is 0 Å². The highest BCUT2D eigenvalue weighted by molar-refractivity contribution is 5.45. The van der Waals surface area contributed by atoms with E-state index in [1.54, 1.807) is 0 Å². The van der Waals surface area contributed by atoms with Gasteiger partial charge in [0.2, 0.25) is 0 Å². The van der Waals surface area contributed by atoms with Crippen LogP contribution in [0.1, 0.15) is 17.9 Å². The molecule has 20 heavy (non-hydrogen) atoms. The number of anilines is 2. The lowest BCUT2D eigenvalue weighted by Gasteiger charge is -2.19. The van der Waals surface area contributed by atoms with E-state index in [-0.39, 0.29) is 0 Å². The van der Waals surface area contributed by atoms with Gasteiger partial charge in [0.25, 0.3) is 0 Å². The molecule has 0 unspecified atom stereocenters. The Labute approximate surface area is 120 Å². The second-order valence-electron chi connectivity index (χ2n) is 4.98. The second kappa shape index (κ2) is 6.89. The monoisotopic (exact) mass is 270 g/mol. The van der Waals surface area contributed by atoms with Crippen molar-refractivity contribution in [1.82, 2.24) is 9.97 Å². The first-order valence-corrected chi connectivity index (χ1v) is 6.97. The van der Waals surface area contributed by atoms with Gasteiger partial charge < -0.3 is 10.2 Å². The molecule has 0 bridgehead atoms. The third-order valence-electron chi connectivity index (χ3n) is 3.14. The number of nitrogens with one attached hydrogen (secondary N) is 1. The minimum absolute atomic E-state index is 0.814. The molecule has 1 aromatic carbocycles. The lowest BCUT2D eigenvalue weighted by molar-refractivity contribution is 0.812. The number of para-hydroxylation sites is 1. The van der Waals surface area contributed by atoms with E-state index in [2.05, 4.69) is 51.5 Å². The van der Waals surface area contributed by atoms with Crippen molar-refractivity contribution in [2.24, 2.45) is 0 Å². The second-order valence-corrected chi connectivity index (χ2v) is 4.98. The summed E-state index contributed by atoms with van der Waals surface area (Å²) in [7, 11) is 2.12. The molecule has 0 spiro atoms. The van der Waals surface area contributed by atoms with E-state index in [9.17, 15) is 0 Å². The Morgan fingerprint density at radius 2 is 1.85 bits per heavy atom. The number of rotatable bonds is 6. The van der Waals surface area contributed by atoms with Crippen LogP contribution in [0.3, 0.4) is 0 Å². The van der Waals surface area contributed by atoms with Crippen molar-refractivity contribution in [2.45, 2.75) is 20.3 Å². The smallest absolute Gasteiger partial charge is 0.129 e. The highest BCUT2D eigenvalue weighted by Gasteiger charge is 2.00. The third-order valence-corrected chi connectivity index (χ3v) is 3.14. The Hall–Kier alpha value is -2.10. The Morgan fingerprint density at radius 3 is 2.55 bits per heavy atom. The van der Waals surface area contributed by atoms with Crippen molar-refractivity contribution >= 4 is 11.5 Å². The zero-order valence-corrected chi connectivity index (χ0v) is 12.4. The molecule has 1 heterocycles. The molecule has 0 aliphatic carbocycles. The van der Waals surface area contributed by atoms with Gasteiger partial charge in [-0.3, -0.25) is 0 Å². The van der Waals surface area contributed by atoms with Crippen molar-refractivity contribution in [2.75, 3.05) is 30.4 Å². The first kappa shape index (κ1) is 14.3. The molecule has 2 rings (SSSR count). The van der Waals surface area contributed by atoms with Gasteiger partial charge in [0, 0.05) is 37.6 Å². The summed E-state index contributed by atoms with van der Waals surface area (Å²) in [5, 5.41) is 3.36. The summed E-state index contributed by atoms with van der Waals surface area (Å²) < 4.78 is 0. The summed E-state index contributed by atoms with van der Waals surface area (Å²) in [6.45, 7) is 5.83. The Kier molecular flexibility index (Phi) is 4.93. The number of benzene rings is 1. The quantitative estimate of drug-likeness (QED) is 0.819. The topological polar surface area (TPSA) is 41.0 Å². The van der Waals surface area contributed by atoms with E-state index in [1.165, 1.54) is 5.69 Å². The minimum atomic E-state index is 0.814. The standard InChI is InChI=1S/C16H22N4/c1-13-12-16(19-14(2)18-13)17-10-7-11-20(3)15-8-5-4-6-9-15/h4-6,8-9,12H,7,10-11H2,1-3H3,(H,17,18,19). The molecular formula is C16H22N4. The number of aryl methyl sites for hydroxylation is 2. The minimum Gasteiger partial charge on any atom is -0.375 e. The van der Waals surface area contributed by atoms with Crippen molar-refractivity contribution in [1.29, 1.82) is 0 Å². The lowest BCUT2D eigenvalue weighted by Crippen LogP contribution is -2.20. The van der Waals surface area contributed by atoms with Crippen LogP contribution in [-0.4, -0.2) is 30.1 Å². The first-order valence-electron chi connectivity index (χ1n) is 6.97. The highest BCUT2D eigenvalue weighted by atomic mass is 15.1. The summed E-state index contributed by atoms with van der Waals surface area (Å²) in [5.41, 5.74) is 2.25. The van der Waals surface area contributed by atoms with Gasteiger partial charge in [0.1, 0.15) is 11.6 Å². The van der Waals surface area contributed by atoms with Crippen molar-refractivity contribution in [3.63, 3.8) is 0 Å². The fourth-order valence-corrected chi connectivity index (χ4v) is 2.15. The molecule has 106 valence electrons. The molecule has 2 aromatic rings. The average Bonchev–Trinajstić information content (AvgIpc) is 2.43. The number of nitrogens with zero attached hydrogens (tertiary/aromatic N) is 3. The molecular weight excluding hydrogens is 248 g/mol. The van der Waals surface area contributed by atoms with Crippen molar-refractivity contribution in [3.05, 3.63) is 47.9 Å². The van der Waals surface area contributed by atoms with Crippen molar-refractivity contribution < 1.29 is 0 Å². The van der Waals surface area contributed by atoms with Crippen LogP contribution >= 0.6 is 0 Å². The summed E-state index contributed by atoms with van der Waals surface area (Å²) >= 11 is 0. The van der Waals surface area contributed by atoms with Crippen LogP contribution < -0.4 is 10.2 Å². The number of hydrogen-bond acceptors (Lipinski definition) is 4. The zero-order chi connectivity index (χ0) is 14.4. The Morgan fingerprint density at radius 1 is 1.10 bits per heavy atom. The molecule has 0 amide bonds. The molecule has 1 N–H and O–H groups in total. The van der Waals surface area contributed by atoms with Crippen LogP contribution in [0.4, 0.5) is 11.5 Å². The summed E-state index contributed by atoms with van der Waals surface area (Å²) in [6.07, 6.45) is 1.06. The normalized spacial score (nSPS) is 10.3. The molecule has 4 nitrogen and oxygen atoms in total. The van der Waals surface area contributed by atoms with E-state index < -0.39 is 0 Å². The largest absolute Gasteiger partial charge is 0.375 e. The molecule has 0 fully saturated rings. The van der Waals surface area contributed by atoms with E-state index in [0.717, 1.165) is 36.8 Å². The first-order chi connectivity index (χ1) is 9.65. The van der Waals surface area contributed by atoms with Gasteiger partial charge in [-0.15, -0.1) is 0 Å². The van der Waals surface area contributed by atoms with Gasteiger partial charge in [-0.2, -0.15) is 0 Å². The molecule has 0 atom stereocenters. The molecule has 0 aliphatic rings. The Bertz CT molecular complexity index is 519. The average molecular weight is 270 g/mol. The maximum Gasteiger partial charge on any atom is 0.129 e. The number of hydrogen-bond donors (Lipinski definition) is 1. The fourth-order valence-electron chi connectivity index (χ4n) is 2.15. The van der Waals surface area contributed by atoms with Gasteiger partial charge >= 0.3 is 0 Å². The molecule has 0 saturated heterocycles. The molecule has 0 aliphatic heterocycles. The van der Waals surface area contributed by atoms with E-state index in [1.807, 2.05) is 26.0 Å². The van der Waals surface area contributed by atoms with Crippen LogP contribution in [0, 0.1) is 13.8 Å². The molecule has 1 aromatic heterocycles. The molecule has 4 heteroatoms. The summed E-state index contributed by atoms with van der Waals surface area (Å²) in [5.74, 6) is 1.73. The van der Waals surface area contributed by atoms with E-state index in [4.69, 9.17) is 0 Å². The molecule has 0 saturated carbocycles.